The Kier molecular flexibility index (Phi) is 5.84. The van der Waals surface area contributed by atoms with Crippen molar-refractivity contribution in [1.29, 1.82) is 0 Å². The lowest BCUT2D eigenvalue weighted by Gasteiger charge is -2.28. The third-order valence-corrected chi connectivity index (χ3v) is 6.84. The first-order valence-electron chi connectivity index (χ1n) is 11.4. The molecule has 1 aliphatic rings. The minimum Gasteiger partial charge on any atom is -0.497 e. The van der Waals surface area contributed by atoms with Crippen LogP contribution in [0.25, 0.3) is 5.69 Å². The van der Waals surface area contributed by atoms with Gasteiger partial charge in [0.15, 0.2) is 5.11 Å². The molecule has 2 atom stereocenters. The largest absolute Gasteiger partial charge is 0.497 e. The normalized spacial score (nSPS) is 17.6. The van der Waals surface area contributed by atoms with Gasteiger partial charge < -0.3 is 19.5 Å². The highest BCUT2D eigenvalue weighted by Gasteiger charge is 2.42. The topological polar surface area (TPSA) is 42.3 Å². The predicted octanol–water partition coefficient (Wildman–Crippen LogP) is 5.98. The molecule has 1 aliphatic heterocycles. The first-order valence-corrected chi connectivity index (χ1v) is 11.8. The van der Waals surface area contributed by atoms with Gasteiger partial charge in [0.05, 0.1) is 24.9 Å². The Morgan fingerprint density at radius 3 is 2.26 bits per heavy atom. The van der Waals surface area contributed by atoms with Crippen LogP contribution in [0.4, 0.5) is 5.69 Å². The van der Waals surface area contributed by atoms with Crippen LogP contribution in [0.15, 0.2) is 79.0 Å². The molecule has 4 aromatic rings. The van der Waals surface area contributed by atoms with Crippen LogP contribution >= 0.6 is 12.2 Å². The highest BCUT2D eigenvalue weighted by Crippen LogP contribution is 2.43. The summed E-state index contributed by atoms with van der Waals surface area (Å²) in [5, 5.41) is 4.27. The van der Waals surface area contributed by atoms with Gasteiger partial charge in [-0.25, -0.2) is 0 Å². The molecule has 0 bridgehead atoms. The number of hydrogen-bond acceptors (Lipinski definition) is 3. The highest BCUT2D eigenvalue weighted by atomic mass is 32.1. The monoisotopic (exact) mass is 468 g/mol. The van der Waals surface area contributed by atoms with E-state index < -0.39 is 0 Å². The van der Waals surface area contributed by atoms with E-state index in [4.69, 9.17) is 17.0 Å². The number of anilines is 1. The Morgan fingerprint density at radius 1 is 0.912 bits per heavy atom. The number of thiocarbonyl (C=S) groups is 1. The Labute approximate surface area is 206 Å². The lowest BCUT2D eigenvalue weighted by molar-refractivity contribution is 0.414. The number of nitrogens with one attached hydrogen (secondary N) is 1. The van der Waals surface area contributed by atoms with Gasteiger partial charge in [-0.15, -0.1) is 0 Å². The number of aromatic nitrogens is 2. The van der Waals surface area contributed by atoms with E-state index in [1.165, 1.54) is 22.5 Å². The number of methoxy groups -OCH3 is 1. The molecule has 1 N–H and O–H groups in total. The van der Waals surface area contributed by atoms with Crippen LogP contribution in [0.5, 0.6) is 5.75 Å². The van der Waals surface area contributed by atoms with Crippen LogP contribution in [-0.4, -0.2) is 21.8 Å². The van der Waals surface area contributed by atoms with Crippen LogP contribution in [0.3, 0.4) is 0 Å². The molecule has 0 unspecified atom stereocenters. The highest BCUT2D eigenvalue weighted by molar-refractivity contribution is 7.80. The molecule has 1 saturated heterocycles. The Morgan fingerprint density at radius 2 is 1.62 bits per heavy atom. The smallest absolute Gasteiger partial charge is 0.174 e. The van der Waals surface area contributed by atoms with E-state index in [-0.39, 0.29) is 12.1 Å². The summed E-state index contributed by atoms with van der Waals surface area (Å²) < 4.78 is 7.64. The standard InChI is InChI=1S/C28H28N4OS/c1-18-8-10-22(11-9-18)32-27(26(30-28(32)34)25-7-5-6-16-29-25)24-17-19(2)31(20(24)3)21-12-14-23(33-4)15-13-21/h5-17,26-27H,1-4H3,(H,30,34)/t26-,27+/m1/s1. The summed E-state index contributed by atoms with van der Waals surface area (Å²) in [5.41, 5.74) is 7.93. The molecule has 2 aromatic heterocycles. The van der Waals surface area contributed by atoms with Gasteiger partial charge in [0, 0.05) is 29.0 Å². The zero-order valence-electron chi connectivity index (χ0n) is 19.8. The molecule has 5 rings (SSSR count). The average Bonchev–Trinajstić information content (AvgIpc) is 3.35. The van der Waals surface area contributed by atoms with Crippen LogP contribution in [-0.2, 0) is 0 Å². The maximum absolute atomic E-state index is 5.88. The van der Waals surface area contributed by atoms with Crippen molar-refractivity contribution in [3.05, 3.63) is 107 Å². The number of rotatable bonds is 5. The van der Waals surface area contributed by atoms with E-state index >= 15 is 0 Å². The number of ether oxygens (including phenoxy) is 1. The fourth-order valence-corrected chi connectivity index (χ4v) is 5.22. The third-order valence-electron chi connectivity index (χ3n) is 6.53. The van der Waals surface area contributed by atoms with Crippen molar-refractivity contribution in [2.75, 3.05) is 12.0 Å². The molecule has 0 saturated carbocycles. The molecule has 5 nitrogen and oxygen atoms in total. The third kappa shape index (κ3) is 3.84. The summed E-state index contributed by atoms with van der Waals surface area (Å²) in [6.07, 6.45) is 1.84. The molecule has 6 heteroatoms. The molecule has 0 amide bonds. The van der Waals surface area contributed by atoms with Crippen molar-refractivity contribution in [1.82, 2.24) is 14.9 Å². The summed E-state index contributed by atoms with van der Waals surface area (Å²) in [6, 6.07) is 24.9. The summed E-state index contributed by atoms with van der Waals surface area (Å²) in [5.74, 6) is 0.845. The van der Waals surface area contributed by atoms with Gasteiger partial charge in [-0.1, -0.05) is 23.8 Å². The lowest BCUT2D eigenvalue weighted by Crippen LogP contribution is -2.29. The van der Waals surface area contributed by atoms with Crippen molar-refractivity contribution >= 4 is 23.0 Å². The van der Waals surface area contributed by atoms with E-state index in [1.807, 2.05) is 30.5 Å². The molecule has 0 radical (unpaired) electrons. The Balaban J connectivity index is 1.65. The lowest BCUT2D eigenvalue weighted by atomic mass is 9.96. The molecule has 172 valence electrons. The Hall–Kier alpha value is -3.64. The maximum Gasteiger partial charge on any atom is 0.174 e. The fourth-order valence-electron chi connectivity index (χ4n) is 4.87. The van der Waals surface area contributed by atoms with E-state index in [0.717, 1.165) is 22.8 Å². The van der Waals surface area contributed by atoms with Crippen molar-refractivity contribution in [2.45, 2.75) is 32.9 Å². The van der Waals surface area contributed by atoms with E-state index in [2.05, 4.69) is 89.1 Å². The zero-order valence-corrected chi connectivity index (χ0v) is 20.6. The molecule has 0 spiro atoms. The van der Waals surface area contributed by atoms with Crippen molar-refractivity contribution in [3.63, 3.8) is 0 Å². The van der Waals surface area contributed by atoms with Gasteiger partial charge in [-0.3, -0.25) is 4.98 Å². The molecule has 0 aliphatic carbocycles. The summed E-state index contributed by atoms with van der Waals surface area (Å²) in [4.78, 5) is 6.91. The van der Waals surface area contributed by atoms with Crippen molar-refractivity contribution < 1.29 is 4.74 Å². The second-order valence-corrected chi connectivity index (χ2v) is 9.08. The minimum atomic E-state index is -0.0696. The van der Waals surface area contributed by atoms with E-state index in [1.54, 1.807) is 7.11 Å². The van der Waals surface area contributed by atoms with Gasteiger partial charge >= 0.3 is 0 Å². The Bertz CT molecular complexity index is 1310. The van der Waals surface area contributed by atoms with Gasteiger partial charge in [0.25, 0.3) is 0 Å². The second-order valence-electron chi connectivity index (χ2n) is 8.69. The summed E-state index contributed by atoms with van der Waals surface area (Å²) in [7, 11) is 1.69. The predicted molar refractivity (Wildman–Crippen MR) is 141 cm³/mol. The van der Waals surface area contributed by atoms with Gasteiger partial charge in [-0.05, 0) is 93.1 Å². The first-order chi connectivity index (χ1) is 16.5. The minimum absolute atomic E-state index is 0.0386. The van der Waals surface area contributed by atoms with E-state index in [9.17, 15) is 0 Å². The van der Waals surface area contributed by atoms with Crippen molar-refractivity contribution in [3.8, 4) is 11.4 Å². The van der Waals surface area contributed by atoms with Gasteiger partial charge in [0.2, 0.25) is 0 Å². The first kappa shape index (κ1) is 22.2. The van der Waals surface area contributed by atoms with Gasteiger partial charge in [-0.2, -0.15) is 0 Å². The van der Waals surface area contributed by atoms with Crippen LogP contribution < -0.4 is 15.0 Å². The quantitative estimate of drug-likeness (QED) is 0.365. The number of aryl methyl sites for hydroxylation is 2. The van der Waals surface area contributed by atoms with Crippen LogP contribution in [0.1, 0.15) is 40.3 Å². The fraction of sp³-hybridized carbons (Fsp3) is 0.214. The summed E-state index contributed by atoms with van der Waals surface area (Å²) in [6.45, 7) is 6.42. The van der Waals surface area contributed by atoms with Crippen molar-refractivity contribution in [2.24, 2.45) is 0 Å². The average molecular weight is 469 g/mol. The molecular formula is C28H28N4OS. The molecule has 3 heterocycles. The number of pyridine rings is 1. The van der Waals surface area contributed by atoms with E-state index in [0.29, 0.717) is 5.11 Å². The second kappa shape index (κ2) is 8.95. The molecule has 34 heavy (non-hydrogen) atoms. The SMILES string of the molecule is COc1ccc(-n2c(C)cc([C@H]3[C@@H](c4ccccn4)NC(=S)N3c3ccc(C)cc3)c2C)cc1. The molecular weight excluding hydrogens is 440 g/mol. The number of nitrogens with zero attached hydrogens (tertiary/aromatic N) is 3. The van der Waals surface area contributed by atoms with Crippen LogP contribution in [0, 0.1) is 20.8 Å². The number of benzene rings is 2. The number of hydrogen-bond donors (Lipinski definition) is 1. The zero-order chi connectivity index (χ0) is 23.8. The van der Waals surface area contributed by atoms with Crippen LogP contribution in [0.2, 0.25) is 0 Å². The molecule has 2 aromatic carbocycles. The summed E-state index contributed by atoms with van der Waals surface area (Å²) >= 11 is 5.88. The maximum atomic E-state index is 5.88. The van der Waals surface area contributed by atoms with Gasteiger partial charge in [0.1, 0.15) is 5.75 Å². The molecule has 1 fully saturated rings.